The van der Waals surface area contributed by atoms with Crippen LogP contribution in [0.5, 0.6) is 0 Å². The summed E-state index contributed by atoms with van der Waals surface area (Å²) in [6.07, 6.45) is 5.89. The van der Waals surface area contributed by atoms with Gasteiger partial charge in [-0.05, 0) is 45.6 Å². The third kappa shape index (κ3) is 4.78. The molecule has 0 spiro atoms. The summed E-state index contributed by atoms with van der Waals surface area (Å²) in [7, 11) is 0. The molecule has 0 amide bonds. The SMILES string of the molecule is CCOCCn1nc(CC)c2nc(N3C[C@H](C)NC[C@H]3C)nc(NC3=CCC(C)C=N3)c21. The van der Waals surface area contributed by atoms with Crippen molar-refractivity contribution in [2.24, 2.45) is 10.9 Å². The van der Waals surface area contributed by atoms with Gasteiger partial charge in [0.05, 0.1) is 18.8 Å². The summed E-state index contributed by atoms with van der Waals surface area (Å²) in [6.45, 7) is 14.4. The van der Waals surface area contributed by atoms with Crippen molar-refractivity contribution < 1.29 is 4.74 Å². The fraction of sp³-hybridized carbons (Fsp3) is 0.652. The molecule has 2 aromatic heterocycles. The largest absolute Gasteiger partial charge is 0.380 e. The number of rotatable bonds is 8. The van der Waals surface area contributed by atoms with E-state index in [1.165, 1.54) is 0 Å². The molecule has 1 unspecified atom stereocenters. The van der Waals surface area contributed by atoms with Crippen LogP contribution < -0.4 is 15.5 Å². The van der Waals surface area contributed by atoms with Crippen LogP contribution in [0, 0.1) is 5.92 Å². The lowest BCUT2D eigenvalue weighted by Crippen LogP contribution is -2.55. The van der Waals surface area contributed by atoms with Crippen molar-refractivity contribution in [1.82, 2.24) is 25.1 Å². The molecule has 174 valence electrons. The summed E-state index contributed by atoms with van der Waals surface area (Å²) in [5.74, 6) is 2.78. The van der Waals surface area contributed by atoms with E-state index in [1.807, 2.05) is 17.8 Å². The molecule has 0 bridgehead atoms. The van der Waals surface area contributed by atoms with Crippen molar-refractivity contribution in [1.29, 1.82) is 0 Å². The minimum Gasteiger partial charge on any atom is -0.380 e. The zero-order valence-electron chi connectivity index (χ0n) is 19.9. The first-order chi connectivity index (χ1) is 15.5. The van der Waals surface area contributed by atoms with E-state index in [0.29, 0.717) is 37.8 Å². The average molecular weight is 441 g/mol. The van der Waals surface area contributed by atoms with Gasteiger partial charge < -0.3 is 20.3 Å². The van der Waals surface area contributed by atoms with Crippen molar-refractivity contribution in [3.63, 3.8) is 0 Å². The Labute approximate surface area is 190 Å². The monoisotopic (exact) mass is 440 g/mol. The summed E-state index contributed by atoms with van der Waals surface area (Å²) in [6, 6.07) is 0.691. The maximum absolute atomic E-state index is 5.60. The molecule has 9 heteroatoms. The highest BCUT2D eigenvalue weighted by Crippen LogP contribution is 2.29. The molecular formula is C23H36N8O. The third-order valence-electron chi connectivity index (χ3n) is 6.05. The van der Waals surface area contributed by atoms with Gasteiger partial charge in [-0.1, -0.05) is 13.8 Å². The molecule has 2 aromatic rings. The van der Waals surface area contributed by atoms with Crippen molar-refractivity contribution in [2.75, 3.05) is 36.5 Å². The van der Waals surface area contributed by atoms with Gasteiger partial charge in [-0.25, -0.2) is 9.98 Å². The van der Waals surface area contributed by atoms with Gasteiger partial charge >= 0.3 is 0 Å². The molecule has 1 fully saturated rings. The van der Waals surface area contributed by atoms with Crippen molar-refractivity contribution in [3.8, 4) is 0 Å². The molecule has 9 nitrogen and oxygen atoms in total. The lowest BCUT2D eigenvalue weighted by atomic mass is 10.1. The van der Waals surface area contributed by atoms with Crippen molar-refractivity contribution >= 4 is 29.0 Å². The predicted molar refractivity (Wildman–Crippen MR) is 129 cm³/mol. The molecule has 32 heavy (non-hydrogen) atoms. The van der Waals surface area contributed by atoms with Crippen molar-refractivity contribution in [2.45, 2.75) is 66.1 Å². The van der Waals surface area contributed by atoms with E-state index in [-0.39, 0.29) is 0 Å². The number of piperazine rings is 1. The van der Waals surface area contributed by atoms with Gasteiger partial charge in [-0.15, -0.1) is 0 Å². The minimum absolute atomic E-state index is 0.308. The van der Waals surface area contributed by atoms with E-state index in [4.69, 9.17) is 19.8 Å². The van der Waals surface area contributed by atoms with Gasteiger partial charge in [0, 0.05) is 38.0 Å². The Morgan fingerprint density at radius 1 is 1.22 bits per heavy atom. The van der Waals surface area contributed by atoms with Crippen LogP contribution >= 0.6 is 0 Å². The smallest absolute Gasteiger partial charge is 0.228 e. The van der Waals surface area contributed by atoms with Crippen LogP contribution in [0.1, 0.15) is 46.7 Å². The van der Waals surface area contributed by atoms with Crippen LogP contribution in [-0.4, -0.2) is 64.4 Å². The Morgan fingerprint density at radius 2 is 2.06 bits per heavy atom. The number of fused-ring (bicyclic) bond motifs is 1. The highest BCUT2D eigenvalue weighted by molar-refractivity contribution is 5.89. The second-order valence-electron chi connectivity index (χ2n) is 8.81. The number of allylic oxidation sites excluding steroid dienone is 1. The van der Waals surface area contributed by atoms with Crippen LogP contribution in [0.25, 0.3) is 11.0 Å². The van der Waals surface area contributed by atoms with Crippen LogP contribution in [-0.2, 0) is 17.7 Å². The zero-order chi connectivity index (χ0) is 22.7. The Hall–Kier alpha value is -2.52. The first-order valence-corrected chi connectivity index (χ1v) is 11.9. The van der Waals surface area contributed by atoms with Crippen LogP contribution in [0.2, 0.25) is 0 Å². The summed E-state index contributed by atoms with van der Waals surface area (Å²) >= 11 is 0. The molecule has 4 heterocycles. The standard InChI is InChI=1S/C23H36N8O/c1-6-18-20-21(31(29-18)10-11-32-7-2)22(26-19-9-8-15(3)12-25-19)28-23(27-20)30-14-16(4)24-13-17(30)5/h9,12,15-17,24H,6-8,10-11,13-14H2,1-5H3,(H,26,27,28)/t15?,16-,17+/m0/s1. The van der Waals surface area contributed by atoms with Gasteiger partial charge in [0.1, 0.15) is 16.9 Å². The van der Waals surface area contributed by atoms with Gasteiger partial charge in [0.25, 0.3) is 0 Å². The maximum atomic E-state index is 5.60. The Kier molecular flexibility index (Phi) is 7.05. The number of nitrogens with one attached hydrogen (secondary N) is 2. The molecule has 2 aliphatic heterocycles. The average Bonchev–Trinajstić information content (AvgIpc) is 3.15. The Bertz CT molecular complexity index is 998. The molecule has 0 aromatic carbocycles. The minimum atomic E-state index is 0.308. The molecule has 2 aliphatic rings. The van der Waals surface area contributed by atoms with Crippen LogP contribution in [0.15, 0.2) is 16.9 Å². The third-order valence-corrected chi connectivity index (χ3v) is 6.05. The number of ether oxygens (including phenoxy) is 1. The fourth-order valence-corrected chi connectivity index (χ4v) is 4.17. The molecule has 0 aliphatic carbocycles. The lowest BCUT2D eigenvalue weighted by molar-refractivity contribution is 0.137. The van der Waals surface area contributed by atoms with Crippen LogP contribution in [0.4, 0.5) is 11.8 Å². The number of hydrogen-bond donors (Lipinski definition) is 2. The van der Waals surface area contributed by atoms with E-state index in [2.05, 4.69) is 54.3 Å². The topological polar surface area (TPSA) is 92.5 Å². The Balaban J connectivity index is 1.79. The number of aromatic nitrogens is 4. The first kappa shape index (κ1) is 22.7. The highest BCUT2D eigenvalue weighted by Gasteiger charge is 2.27. The molecule has 1 saturated heterocycles. The van der Waals surface area contributed by atoms with E-state index < -0.39 is 0 Å². The highest BCUT2D eigenvalue weighted by atomic mass is 16.5. The molecule has 4 rings (SSSR count). The lowest BCUT2D eigenvalue weighted by Gasteiger charge is -2.37. The fourth-order valence-electron chi connectivity index (χ4n) is 4.17. The molecule has 3 atom stereocenters. The van der Waals surface area contributed by atoms with Gasteiger partial charge in [0.15, 0.2) is 5.82 Å². The molecule has 2 N–H and O–H groups in total. The number of aliphatic imine (C=N–C) groups is 1. The molecule has 0 saturated carbocycles. The van der Waals surface area contributed by atoms with Gasteiger partial charge in [-0.2, -0.15) is 10.1 Å². The normalized spacial score (nSPS) is 23.6. The zero-order valence-corrected chi connectivity index (χ0v) is 19.9. The number of hydrogen-bond acceptors (Lipinski definition) is 8. The number of aryl methyl sites for hydroxylation is 1. The molecular weight excluding hydrogens is 404 g/mol. The van der Waals surface area contributed by atoms with Gasteiger partial charge in [0.2, 0.25) is 5.95 Å². The summed E-state index contributed by atoms with van der Waals surface area (Å²) in [4.78, 5) is 16.9. The van der Waals surface area contributed by atoms with Crippen LogP contribution in [0.3, 0.4) is 0 Å². The summed E-state index contributed by atoms with van der Waals surface area (Å²) in [5.41, 5.74) is 2.80. The van der Waals surface area contributed by atoms with E-state index in [9.17, 15) is 0 Å². The predicted octanol–water partition coefficient (Wildman–Crippen LogP) is 2.98. The number of nitrogens with zero attached hydrogens (tertiary/aromatic N) is 6. The van der Waals surface area contributed by atoms with E-state index in [0.717, 1.165) is 60.2 Å². The van der Waals surface area contributed by atoms with E-state index >= 15 is 0 Å². The number of anilines is 2. The van der Waals surface area contributed by atoms with Crippen molar-refractivity contribution in [3.05, 3.63) is 17.6 Å². The van der Waals surface area contributed by atoms with Gasteiger partial charge in [-0.3, -0.25) is 4.68 Å². The summed E-state index contributed by atoms with van der Waals surface area (Å²) in [5, 5.41) is 11.9. The second-order valence-corrected chi connectivity index (χ2v) is 8.81. The first-order valence-electron chi connectivity index (χ1n) is 11.9. The molecule has 0 radical (unpaired) electrons. The summed E-state index contributed by atoms with van der Waals surface area (Å²) < 4.78 is 7.59. The quantitative estimate of drug-likeness (QED) is 0.610. The van der Waals surface area contributed by atoms with E-state index in [1.54, 1.807) is 0 Å². The second kappa shape index (κ2) is 9.95. The maximum Gasteiger partial charge on any atom is 0.228 e. The Morgan fingerprint density at radius 3 is 2.78 bits per heavy atom.